The van der Waals surface area contributed by atoms with Gasteiger partial charge in [0, 0.05) is 32.4 Å². The molecule has 1 fully saturated rings. The van der Waals surface area contributed by atoms with Crippen molar-refractivity contribution < 1.29 is 9.90 Å². The number of hydrogen-bond donors (Lipinski definition) is 1. The molecule has 3 heterocycles. The molecule has 0 unspecified atom stereocenters. The number of rotatable bonds is 1. The van der Waals surface area contributed by atoms with E-state index in [0.29, 0.717) is 26.2 Å². The summed E-state index contributed by atoms with van der Waals surface area (Å²) in [6.45, 7) is 2.26. The molecule has 0 atom stereocenters. The van der Waals surface area contributed by atoms with Gasteiger partial charge in [0.15, 0.2) is 0 Å². The summed E-state index contributed by atoms with van der Waals surface area (Å²) in [6.07, 6.45) is 4.20. The summed E-state index contributed by atoms with van der Waals surface area (Å²) in [5, 5.41) is 8.91. The predicted octanol–water partition coefficient (Wildman–Crippen LogP) is 0.825. The highest BCUT2D eigenvalue weighted by atomic mass is 16.4. The summed E-state index contributed by atoms with van der Waals surface area (Å²) in [7, 11) is 0. The Balaban J connectivity index is 1.80. The molecular weight excluding hydrogens is 246 g/mol. The van der Waals surface area contributed by atoms with Gasteiger partial charge in [-0.3, -0.25) is 4.98 Å². The van der Waals surface area contributed by atoms with E-state index < -0.39 is 6.09 Å². The number of hydrogen-bond acceptors (Lipinski definition) is 5. The number of pyridine rings is 1. The fraction of sp³-hybridized carbons (Fsp3) is 0.333. The Hall–Kier alpha value is -2.44. The van der Waals surface area contributed by atoms with E-state index in [9.17, 15) is 4.79 Å². The monoisotopic (exact) mass is 259 g/mol. The second kappa shape index (κ2) is 4.68. The van der Waals surface area contributed by atoms with Crippen LogP contribution in [0.5, 0.6) is 0 Å². The summed E-state index contributed by atoms with van der Waals surface area (Å²) in [5.74, 6) is 0.781. The Morgan fingerprint density at radius 3 is 2.68 bits per heavy atom. The van der Waals surface area contributed by atoms with E-state index in [4.69, 9.17) is 5.11 Å². The normalized spacial score (nSPS) is 15.8. The lowest BCUT2D eigenvalue weighted by Gasteiger charge is -2.33. The zero-order chi connectivity index (χ0) is 13.2. The fourth-order valence-electron chi connectivity index (χ4n) is 2.13. The molecule has 7 heteroatoms. The van der Waals surface area contributed by atoms with Gasteiger partial charge in [-0.15, -0.1) is 0 Å². The number of fused-ring (bicyclic) bond motifs is 1. The van der Waals surface area contributed by atoms with Gasteiger partial charge in [-0.25, -0.2) is 14.8 Å². The molecule has 7 nitrogen and oxygen atoms in total. The first-order valence-corrected chi connectivity index (χ1v) is 6.03. The molecule has 98 valence electrons. The number of aromatic nitrogens is 3. The minimum absolute atomic E-state index is 0.491. The van der Waals surface area contributed by atoms with Crippen molar-refractivity contribution in [2.24, 2.45) is 0 Å². The van der Waals surface area contributed by atoms with Gasteiger partial charge in [-0.1, -0.05) is 0 Å². The largest absolute Gasteiger partial charge is 0.465 e. The SMILES string of the molecule is O=C(O)N1CCN(c2cnc3cnccc3n2)CC1. The van der Waals surface area contributed by atoms with Crippen LogP contribution < -0.4 is 4.90 Å². The van der Waals surface area contributed by atoms with Gasteiger partial charge >= 0.3 is 6.09 Å². The number of carbonyl (C=O) groups is 1. The van der Waals surface area contributed by atoms with E-state index in [2.05, 4.69) is 15.0 Å². The van der Waals surface area contributed by atoms with E-state index >= 15 is 0 Å². The molecule has 19 heavy (non-hydrogen) atoms. The van der Waals surface area contributed by atoms with Gasteiger partial charge in [0.05, 0.1) is 17.9 Å². The van der Waals surface area contributed by atoms with Crippen LogP contribution in [-0.4, -0.2) is 57.2 Å². The van der Waals surface area contributed by atoms with Crippen LogP contribution in [0.2, 0.25) is 0 Å². The Labute approximate surface area is 109 Å². The maximum atomic E-state index is 10.8. The van der Waals surface area contributed by atoms with Gasteiger partial charge in [-0.05, 0) is 6.07 Å². The molecule has 0 spiro atoms. The van der Waals surface area contributed by atoms with Crippen molar-refractivity contribution in [1.29, 1.82) is 0 Å². The quantitative estimate of drug-likeness (QED) is 0.816. The first-order chi connectivity index (χ1) is 9.24. The van der Waals surface area contributed by atoms with Crippen LogP contribution >= 0.6 is 0 Å². The molecule has 0 bridgehead atoms. The minimum Gasteiger partial charge on any atom is -0.465 e. The zero-order valence-electron chi connectivity index (χ0n) is 10.2. The molecule has 1 saturated heterocycles. The lowest BCUT2D eigenvalue weighted by Crippen LogP contribution is -2.48. The van der Waals surface area contributed by atoms with Gasteiger partial charge in [0.1, 0.15) is 11.3 Å². The molecule has 1 aliphatic rings. The molecule has 1 N–H and O–H groups in total. The lowest BCUT2D eigenvalue weighted by molar-refractivity contribution is 0.142. The van der Waals surface area contributed by atoms with Crippen LogP contribution in [0.4, 0.5) is 10.6 Å². The first kappa shape index (κ1) is 11.6. The van der Waals surface area contributed by atoms with E-state index in [1.54, 1.807) is 18.6 Å². The smallest absolute Gasteiger partial charge is 0.407 e. The third kappa shape index (κ3) is 2.26. The highest BCUT2D eigenvalue weighted by Gasteiger charge is 2.21. The van der Waals surface area contributed by atoms with Crippen molar-refractivity contribution >= 4 is 22.9 Å². The van der Waals surface area contributed by atoms with Crippen LogP contribution in [0.25, 0.3) is 11.0 Å². The van der Waals surface area contributed by atoms with Gasteiger partial charge in [-0.2, -0.15) is 0 Å². The second-order valence-corrected chi connectivity index (χ2v) is 4.35. The molecule has 0 radical (unpaired) electrons. The van der Waals surface area contributed by atoms with Gasteiger partial charge in [0.25, 0.3) is 0 Å². The summed E-state index contributed by atoms with van der Waals surface area (Å²) >= 11 is 0. The molecule has 1 amide bonds. The number of amides is 1. The van der Waals surface area contributed by atoms with Crippen molar-refractivity contribution in [3.05, 3.63) is 24.7 Å². The van der Waals surface area contributed by atoms with Crippen molar-refractivity contribution in [3.63, 3.8) is 0 Å². The van der Waals surface area contributed by atoms with E-state index in [1.807, 2.05) is 11.0 Å². The topological polar surface area (TPSA) is 82.5 Å². The van der Waals surface area contributed by atoms with Crippen LogP contribution in [0.15, 0.2) is 24.7 Å². The average Bonchev–Trinajstić information content (AvgIpc) is 2.47. The van der Waals surface area contributed by atoms with Crippen molar-refractivity contribution in [3.8, 4) is 0 Å². The molecule has 2 aromatic heterocycles. The number of piperazine rings is 1. The number of nitrogens with zero attached hydrogens (tertiary/aromatic N) is 5. The van der Waals surface area contributed by atoms with Crippen molar-refractivity contribution in [2.75, 3.05) is 31.1 Å². The minimum atomic E-state index is -0.865. The van der Waals surface area contributed by atoms with Crippen LogP contribution in [0, 0.1) is 0 Å². The molecule has 2 aromatic rings. The molecule has 1 aliphatic heterocycles. The highest BCUT2D eigenvalue weighted by molar-refractivity contribution is 5.74. The molecule has 0 aliphatic carbocycles. The van der Waals surface area contributed by atoms with E-state index in [0.717, 1.165) is 16.9 Å². The predicted molar refractivity (Wildman–Crippen MR) is 69.1 cm³/mol. The number of anilines is 1. The molecular formula is C12H13N5O2. The van der Waals surface area contributed by atoms with Crippen molar-refractivity contribution in [2.45, 2.75) is 0 Å². The first-order valence-electron chi connectivity index (χ1n) is 6.03. The Morgan fingerprint density at radius 1 is 1.16 bits per heavy atom. The third-order valence-electron chi connectivity index (χ3n) is 3.21. The summed E-state index contributed by atoms with van der Waals surface area (Å²) in [6, 6.07) is 1.82. The summed E-state index contributed by atoms with van der Waals surface area (Å²) in [5.41, 5.74) is 1.56. The third-order valence-corrected chi connectivity index (χ3v) is 3.21. The average molecular weight is 259 g/mol. The molecule has 0 aromatic carbocycles. The summed E-state index contributed by atoms with van der Waals surface area (Å²) in [4.78, 5) is 27.1. The maximum Gasteiger partial charge on any atom is 0.407 e. The standard InChI is InChI=1S/C12H13N5O2/c18-12(19)17-5-3-16(4-6-17)11-8-14-10-7-13-2-1-9(10)15-11/h1-2,7-8H,3-6H2,(H,18,19). The van der Waals surface area contributed by atoms with E-state index in [-0.39, 0.29) is 0 Å². The number of carboxylic acid groups (broad SMARTS) is 1. The highest BCUT2D eigenvalue weighted by Crippen LogP contribution is 2.16. The maximum absolute atomic E-state index is 10.8. The van der Waals surface area contributed by atoms with Gasteiger partial charge in [0.2, 0.25) is 0 Å². The van der Waals surface area contributed by atoms with Gasteiger partial charge < -0.3 is 14.9 Å². The molecule has 3 rings (SSSR count). The lowest BCUT2D eigenvalue weighted by atomic mass is 10.3. The fourth-order valence-corrected chi connectivity index (χ4v) is 2.13. The van der Waals surface area contributed by atoms with Crippen LogP contribution in [0.1, 0.15) is 0 Å². The zero-order valence-corrected chi connectivity index (χ0v) is 10.2. The summed E-state index contributed by atoms with van der Waals surface area (Å²) < 4.78 is 0. The van der Waals surface area contributed by atoms with Crippen molar-refractivity contribution in [1.82, 2.24) is 19.9 Å². The van der Waals surface area contributed by atoms with Crippen LogP contribution in [0.3, 0.4) is 0 Å². The Morgan fingerprint density at radius 2 is 1.95 bits per heavy atom. The van der Waals surface area contributed by atoms with Crippen LogP contribution in [-0.2, 0) is 0 Å². The Kier molecular flexibility index (Phi) is 2.86. The Bertz CT molecular complexity index is 610. The second-order valence-electron chi connectivity index (χ2n) is 4.35. The van der Waals surface area contributed by atoms with E-state index in [1.165, 1.54) is 4.90 Å². The molecule has 0 saturated carbocycles.